The Morgan fingerprint density at radius 2 is 1.93 bits per heavy atom. The van der Waals surface area contributed by atoms with Crippen LogP contribution >= 0.6 is 0 Å². The summed E-state index contributed by atoms with van der Waals surface area (Å²) in [5, 5.41) is 12.4. The fourth-order valence-corrected chi connectivity index (χ4v) is 4.12. The quantitative estimate of drug-likeness (QED) is 0.637. The number of aromatic nitrogens is 1. The van der Waals surface area contributed by atoms with E-state index < -0.39 is 21.7 Å². The van der Waals surface area contributed by atoms with Crippen LogP contribution in [0.15, 0.2) is 41.4 Å². The number of sulfonamides is 1. The smallest absolute Gasteiger partial charge is 0.263 e. The molecule has 27 heavy (non-hydrogen) atoms. The molecule has 1 fully saturated rings. The number of hydrogen-bond donors (Lipinski definition) is 3. The molecule has 1 aliphatic carbocycles. The van der Waals surface area contributed by atoms with Gasteiger partial charge in [-0.2, -0.15) is 0 Å². The van der Waals surface area contributed by atoms with Gasteiger partial charge in [-0.1, -0.05) is 6.42 Å². The van der Waals surface area contributed by atoms with Crippen LogP contribution in [0, 0.1) is 17.0 Å². The number of benzene rings is 1. The molecular weight excluding hydrogens is 376 g/mol. The standard InChI is InChI=1S/C18H21F2N3O3S/c19-15-4-2-13(10-16(15)20)23-27(25,26)14-3-5-17(21-11-14)22-12-18(8-9-24)6-1-7-18/h2-5,10-11,23-24H,1,6-9,12H2,(H,21,22). The second kappa shape index (κ2) is 7.77. The minimum Gasteiger partial charge on any atom is -0.396 e. The third kappa shape index (κ3) is 4.54. The van der Waals surface area contributed by atoms with Crippen LogP contribution in [-0.2, 0) is 10.0 Å². The Hall–Kier alpha value is -2.26. The Kier molecular flexibility index (Phi) is 5.61. The minimum atomic E-state index is -3.97. The number of nitrogens with one attached hydrogen (secondary N) is 2. The molecule has 9 heteroatoms. The van der Waals surface area contributed by atoms with Gasteiger partial charge in [-0.05, 0) is 48.9 Å². The van der Waals surface area contributed by atoms with Crippen LogP contribution in [0.25, 0.3) is 0 Å². The third-order valence-corrected chi connectivity index (χ3v) is 6.29. The van der Waals surface area contributed by atoms with E-state index in [-0.39, 0.29) is 22.6 Å². The molecule has 0 spiro atoms. The fraction of sp³-hybridized carbons (Fsp3) is 0.389. The Balaban J connectivity index is 1.65. The van der Waals surface area contributed by atoms with Gasteiger partial charge in [0, 0.05) is 25.4 Å². The van der Waals surface area contributed by atoms with Crippen molar-refractivity contribution in [1.29, 1.82) is 0 Å². The van der Waals surface area contributed by atoms with Crippen LogP contribution in [0.5, 0.6) is 0 Å². The summed E-state index contributed by atoms with van der Waals surface area (Å²) < 4.78 is 53.1. The summed E-state index contributed by atoms with van der Waals surface area (Å²) in [6, 6.07) is 5.69. The normalized spacial score (nSPS) is 15.8. The van der Waals surface area contributed by atoms with E-state index in [9.17, 15) is 22.3 Å². The topological polar surface area (TPSA) is 91.3 Å². The summed E-state index contributed by atoms with van der Waals surface area (Å²) in [4.78, 5) is 4.02. The molecule has 0 bridgehead atoms. The highest BCUT2D eigenvalue weighted by molar-refractivity contribution is 7.92. The second-order valence-corrected chi connectivity index (χ2v) is 8.48. The van der Waals surface area contributed by atoms with E-state index in [0.29, 0.717) is 12.4 Å². The number of halogens is 2. The largest absolute Gasteiger partial charge is 0.396 e. The maximum Gasteiger partial charge on any atom is 0.263 e. The number of rotatable bonds is 8. The van der Waals surface area contributed by atoms with E-state index in [1.54, 1.807) is 6.07 Å². The first-order valence-electron chi connectivity index (χ1n) is 8.62. The first-order valence-corrected chi connectivity index (χ1v) is 10.1. The second-order valence-electron chi connectivity index (χ2n) is 6.79. The average Bonchev–Trinajstić information content (AvgIpc) is 2.60. The van der Waals surface area contributed by atoms with Gasteiger partial charge in [-0.15, -0.1) is 0 Å². The van der Waals surface area contributed by atoms with Gasteiger partial charge in [0.05, 0.1) is 5.69 Å². The molecule has 3 rings (SSSR count). The van der Waals surface area contributed by atoms with Gasteiger partial charge in [0.1, 0.15) is 10.7 Å². The SMILES string of the molecule is O=S(=O)(Nc1ccc(F)c(F)c1)c1ccc(NCC2(CCO)CCC2)nc1. The van der Waals surface area contributed by atoms with E-state index >= 15 is 0 Å². The van der Waals surface area contributed by atoms with E-state index in [2.05, 4.69) is 15.0 Å². The van der Waals surface area contributed by atoms with Gasteiger partial charge in [0.15, 0.2) is 11.6 Å². The Morgan fingerprint density at radius 1 is 1.15 bits per heavy atom. The maximum atomic E-state index is 13.2. The molecule has 1 aromatic carbocycles. The lowest BCUT2D eigenvalue weighted by molar-refractivity contribution is 0.102. The lowest BCUT2D eigenvalue weighted by Crippen LogP contribution is -2.37. The molecule has 1 saturated carbocycles. The van der Waals surface area contributed by atoms with Crippen LogP contribution in [0.4, 0.5) is 20.3 Å². The van der Waals surface area contributed by atoms with E-state index in [4.69, 9.17) is 0 Å². The first kappa shape index (κ1) is 19.5. The van der Waals surface area contributed by atoms with Gasteiger partial charge >= 0.3 is 0 Å². The van der Waals surface area contributed by atoms with Crippen molar-refractivity contribution in [3.8, 4) is 0 Å². The third-order valence-electron chi connectivity index (χ3n) is 4.92. The van der Waals surface area contributed by atoms with Crippen molar-refractivity contribution in [2.24, 2.45) is 5.41 Å². The van der Waals surface area contributed by atoms with Gasteiger partial charge < -0.3 is 10.4 Å². The van der Waals surface area contributed by atoms with E-state index in [1.807, 2.05) is 0 Å². The molecule has 0 unspecified atom stereocenters. The molecule has 0 saturated heterocycles. The molecule has 1 aromatic heterocycles. The van der Waals surface area contributed by atoms with E-state index in [0.717, 1.165) is 43.9 Å². The van der Waals surface area contributed by atoms with Crippen molar-refractivity contribution in [1.82, 2.24) is 4.98 Å². The highest BCUT2D eigenvalue weighted by Gasteiger charge is 2.36. The Bertz CT molecular complexity index is 901. The van der Waals surface area contributed by atoms with Crippen LogP contribution in [0.2, 0.25) is 0 Å². The van der Waals surface area contributed by atoms with Crippen molar-refractivity contribution in [2.45, 2.75) is 30.6 Å². The molecule has 0 radical (unpaired) electrons. The fourth-order valence-electron chi connectivity index (χ4n) is 3.12. The van der Waals surface area contributed by atoms with Crippen molar-refractivity contribution in [3.05, 3.63) is 48.2 Å². The first-order chi connectivity index (χ1) is 12.8. The molecule has 3 N–H and O–H groups in total. The van der Waals surface area contributed by atoms with E-state index in [1.165, 1.54) is 12.3 Å². The highest BCUT2D eigenvalue weighted by atomic mass is 32.2. The molecular formula is C18H21F2N3O3S. The van der Waals surface area contributed by atoms with Crippen molar-refractivity contribution >= 4 is 21.5 Å². The predicted octanol–water partition coefficient (Wildman–Crippen LogP) is 3.13. The summed E-state index contributed by atoms with van der Waals surface area (Å²) in [7, 11) is -3.97. The summed E-state index contributed by atoms with van der Waals surface area (Å²) in [5.41, 5.74) is 0.00194. The van der Waals surface area contributed by atoms with Crippen LogP contribution in [0.3, 0.4) is 0 Å². The maximum absolute atomic E-state index is 13.2. The summed E-state index contributed by atoms with van der Waals surface area (Å²) in [6.45, 7) is 0.807. The molecule has 2 aromatic rings. The van der Waals surface area contributed by atoms with Crippen LogP contribution in [-0.4, -0.2) is 31.7 Å². The molecule has 0 aliphatic heterocycles. The predicted molar refractivity (Wildman–Crippen MR) is 97.9 cm³/mol. The Morgan fingerprint density at radius 3 is 2.48 bits per heavy atom. The van der Waals surface area contributed by atoms with Gasteiger partial charge in [0.2, 0.25) is 0 Å². The molecule has 146 valence electrons. The summed E-state index contributed by atoms with van der Waals surface area (Å²) in [6.07, 6.45) is 5.16. The lowest BCUT2D eigenvalue weighted by atomic mass is 9.67. The zero-order chi connectivity index (χ0) is 19.5. The van der Waals surface area contributed by atoms with Crippen LogP contribution in [0.1, 0.15) is 25.7 Å². The van der Waals surface area contributed by atoms with Gasteiger partial charge in [-0.25, -0.2) is 22.2 Å². The molecule has 6 nitrogen and oxygen atoms in total. The van der Waals surface area contributed by atoms with Crippen molar-refractivity contribution in [3.63, 3.8) is 0 Å². The number of nitrogens with zero attached hydrogens (tertiary/aromatic N) is 1. The number of anilines is 2. The van der Waals surface area contributed by atoms with Gasteiger partial charge in [0.25, 0.3) is 10.0 Å². The zero-order valence-corrected chi connectivity index (χ0v) is 15.4. The Labute approximate surface area is 156 Å². The average molecular weight is 397 g/mol. The summed E-state index contributed by atoms with van der Waals surface area (Å²) in [5.74, 6) is -1.66. The highest BCUT2D eigenvalue weighted by Crippen LogP contribution is 2.43. The zero-order valence-electron chi connectivity index (χ0n) is 14.6. The minimum absolute atomic E-state index is 0.0768. The monoisotopic (exact) mass is 397 g/mol. The lowest BCUT2D eigenvalue weighted by Gasteiger charge is -2.41. The van der Waals surface area contributed by atoms with Gasteiger partial charge in [-0.3, -0.25) is 4.72 Å². The summed E-state index contributed by atoms with van der Waals surface area (Å²) >= 11 is 0. The molecule has 1 aliphatic rings. The molecule has 1 heterocycles. The number of aliphatic hydroxyl groups is 1. The van der Waals surface area contributed by atoms with Crippen molar-refractivity contribution < 1.29 is 22.3 Å². The molecule has 0 amide bonds. The van der Waals surface area contributed by atoms with Crippen molar-refractivity contribution in [2.75, 3.05) is 23.2 Å². The molecule has 0 atom stereocenters. The number of aliphatic hydroxyl groups excluding tert-OH is 1. The number of hydrogen-bond acceptors (Lipinski definition) is 5. The number of pyridine rings is 1. The van der Waals surface area contributed by atoms with Crippen LogP contribution < -0.4 is 10.0 Å².